The summed E-state index contributed by atoms with van der Waals surface area (Å²) >= 11 is 0. The third kappa shape index (κ3) is 4.69. The number of benzene rings is 1. The van der Waals surface area contributed by atoms with E-state index in [1.807, 2.05) is 23.8 Å². The Labute approximate surface area is 150 Å². The van der Waals surface area contributed by atoms with Gasteiger partial charge in [0.25, 0.3) is 0 Å². The number of carbonyl (C=O) groups is 1. The van der Waals surface area contributed by atoms with E-state index in [2.05, 4.69) is 40.3 Å². The van der Waals surface area contributed by atoms with Crippen LogP contribution in [0.5, 0.6) is 0 Å². The van der Waals surface area contributed by atoms with Crippen molar-refractivity contribution in [3.63, 3.8) is 0 Å². The fourth-order valence-corrected chi connectivity index (χ4v) is 3.52. The lowest BCUT2D eigenvalue weighted by molar-refractivity contribution is -0.124. The summed E-state index contributed by atoms with van der Waals surface area (Å²) in [5.74, 6) is 0.788. The van der Waals surface area contributed by atoms with Crippen molar-refractivity contribution >= 4 is 5.91 Å². The molecule has 1 aliphatic heterocycles. The number of imidazole rings is 1. The monoisotopic (exact) mass is 340 g/mol. The Morgan fingerprint density at radius 2 is 2.16 bits per heavy atom. The van der Waals surface area contributed by atoms with Gasteiger partial charge in [0.15, 0.2) is 0 Å². The molecule has 1 fully saturated rings. The molecule has 1 N–H and O–H groups in total. The van der Waals surface area contributed by atoms with Crippen molar-refractivity contribution in [3.8, 4) is 0 Å². The molecule has 2 aromatic rings. The van der Waals surface area contributed by atoms with Crippen LogP contribution in [-0.4, -0.2) is 33.4 Å². The first kappa shape index (κ1) is 17.7. The average molecular weight is 340 g/mol. The number of nitrogens with zero attached hydrogens (tertiary/aromatic N) is 3. The van der Waals surface area contributed by atoms with E-state index in [0.717, 1.165) is 12.5 Å². The molecule has 0 bridgehead atoms. The maximum absolute atomic E-state index is 12.4. The Morgan fingerprint density at radius 1 is 1.36 bits per heavy atom. The lowest BCUT2D eigenvalue weighted by atomic mass is 9.99. The third-order valence-corrected chi connectivity index (χ3v) is 5.06. The Kier molecular flexibility index (Phi) is 5.87. The van der Waals surface area contributed by atoms with Crippen molar-refractivity contribution in [3.05, 3.63) is 54.1 Å². The van der Waals surface area contributed by atoms with Gasteiger partial charge in [0, 0.05) is 32.0 Å². The number of piperidine rings is 1. The Bertz CT molecular complexity index is 683. The highest BCUT2D eigenvalue weighted by Crippen LogP contribution is 2.19. The van der Waals surface area contributed by atoms with E-state index in [1.54, 1.807) is 12.5 Å². The molecule has 1 saturated heterocycles. The van der Waals surface area contributed by atoms with E-state index in [1.165, 1.54) is 37.1 Å². The van der Waals surface area contributed by atoms with Crippen molar-refractivity contribution in [2.75, 3.05) is 13.1 Å². The van der Waals surface area contributed by atoms with Crippen molar-refractivity contribution in [2.45, 2.75) is 45.8 Å². The molecule has 2 heterocycles. The summed E-state index contributed by atoms with van der Waals surface area (Å²) in [6.45, 7) is 8.08. The second-order valence-electron chi connectivity index (χ2n) is 7.15. The zero-order chi connectivity index (χ0) is 17.6. The molecule has 0 saturated carbocycles. The molecule has 0 unspecified atom stereocenters. The summed E-state index contributed by atoms with van der Waals surface area (Å²) in [5.41, 5.74) is 2.51. The molecule has 5 nitrogen and oxygen atoms in total. The number of likely N-dealkylation sites (tertiary alicyclic amines) is 1. The zero-order valence-electron chi connectivity index (χ0n) is 15.2. The molecule has 1 aromatic heterocycles. The van der Waals surface area contributed by atoms with Crippen LogP contribution in [0, 0.1) is 5.92 Å². The molecular weight excluding hydrogens is 312 g/mol. The summed E-state index contributed by atoms with van der Waals surface area (Å²) in [5, 5.41) is 3.07. The molecule has 0 aliphatic carbocycles. The largest absolute Gasteiger partial charge is 0.350 e. The zero-order valence-corrected chi connectivity index (χ0v) is 15.2. The van der Waals surface area contributed by atoms with E-state index < -0.39 is 0 Å². The number of carbonyl (C=O) groups excluding carboxylic acids is 1. The number of nitrogens with one attached hydrogen (secondary N) is 1. The van der Waals surface area contributed by atoms with Gasteiger partial charge in [-0.25, -0.2) is 4.98 Å². The van der Waals surface area contributed by atoms with Crippen molar-refractivity contribution in [1.82, 2.24) is 19.8 Å². The minimum atomic E-state index is -0.252. The summed E-state index contributed by atoms with van der Waals surface area (Å²) in [6.07, 6.45) is 7.80. The molecule has 3 rings (SSSR count). The molecular formula is C20H28N4O. The second-order valence-corrected chi connectivity index (χ2v) is 7.15. The van der Waals surface area contributed by atoms with Crippen molar-refractivity contribution < 1.29 is 4.79 Å². The van der Waals surface area contributed by atoms with E-state index >= 15 is 0 Å². The number of aromatic nitrogens is 2. The molecule has 1 aromatic carbocycles. The van der Waals surface area contributed by atoms with Gasteiger partial charge in [-0.1, -0.05) is 31.2 Å². The van der Waals surface area contributed by atoms with Gasteiger partial charge in [-0.2, -0.15) is 0 Å². The smallest absolute Gasteiger partial charge is 0.243 e. The second kappa shape index (κ2) is 8.30. The van der Waals surface area contributed by atoms with Crippen LogP contribution in [0.4, 0.5) is 0 Å². The molecule has 2 atom stereocenters. The predicted molar refractivity (Wildman–Crippen MR) is 98.9 cm³/mol. The molecule has 5 heteroatoms. The lowest BCUT2D eigenvalue weighted by Crippen LogP contribution is -2.34. The van der Waals surface area contributed by atoms with Gasteiger partial charge in [-0.15, -0.1) is 0 Å². The van der Waals surface area contributed by atoms with Crippen LogP contribution in [0.2, 0.25) is 0 Å². The van der Waals surface area contributed by atoms with E-state index in [0.29, 0.717) is 6.54 Å². The van der Waals surface area contributed by atoms with Crippen LogP contribution < -0.4 is 5.32 Å². The molecule has 1 amide bonds. The standard InChI is InChI=1S/C20H28N4O/c1-16-6-5-10-23(13-16)14-19-8-4-3-7-18(19)12-22-20(25)17(2)24-11-9-21-15-24/h3-4,7-9,11,15-17H,5-6,10,12-14H2,1-2H3,(H,22,25)/t16-,17-/m0/s1. The van der Waals surface area contributed by atoms with E-state index in [4.69, 9.17) is 0 Å². The van der Waals surface area contributed by atoms with Crippen LogP contribution >= 0.6 is 0 Å². The van der Waals surface area contributed by atoms with Gasteiger partial charge in [0.05, 0.1) is 6.33 Å². The van der Waals surface area contributed by atoms with Gasteiger partial charge in [-0.3, -0.25) is 9.69 Å². The fraction of sp³-hybridized carbons (Fsp3) is 0.500. The summed E-state index contributed by atoms with van der Waals surface area (Å²) in [7, 11) is 0. The number of hydrogen-bond acceptors (Lipinski definition) is 3. The van der Waals surface area contributed by atoms with Gasteiger partial charge in [0.2, 0.25) is 5.91 Å². The lowest BCUT2D eigenvalue weighted by Gasteiger charge is -2.31. The maximum Gasteiger partial charge on any atom is 0.243 e. The normalized spacial score (nSPS) is 19.5. The quantitative estimate of drug-likeness (QED) is 0.879. The molecule has 0 spiro atoms. The van der Waals surface area contributed by atoms with Crippen molar-refractivity contribution in [2.24, 2.45) is 5.92 Å². The molecule has 1 aliphatic rings. The highest BCUT2D eigenvalue weighted by Gasteiger charge is 2.18. The van der Waals surface area contributed by atoms with Crippen LogP contribution in [0.3, 0.4) is 0 Å². The highest BCUT2D eigenvalue weighted by atomic mass is 16.2. The van der Waals surface area contributed by atoms with Crippen molar-refractivity contribution in [1.29, 1.82) is 0 Å². The summed E-state index contributed by atoms with van der Waals surface area (Å²) < 4.78 is 1.82. The summed E-state index contributed by atoms with van der Waals surface area (Å²) in [6, 6.07) is 8.17. The first-order chi connectivity index (χ1) is 12.1. The Morgan fingerprint density at radius 3 is 2.88 bits per heavy atom. The number of hydrogen-bond donors (Lipinski definition) is 1. The van der Waals surface area contributed by atoms with Crippen LogP contribution in [0.1, 0.15) is 43.9 Å². The molecule has 134 valence electrons. The fourth-order valence-electron chi connectivity index (χ4n) is 3.52. The molecule has 25 heavy (non-hydrogen) atoms. The average Bonchev–Trinajstić information content (AvgIpc) is 3.15. The first-order valence-electron chi connectivity index (χ1n) is 9.18. The van der Waals surface area contributed by atoms with Crippen LogP contribution in [-0.2, 0) is 17.9 Å². The van der Waals surface area contributed by atoms with Gasteiger partial charge >= 0.3 is 0 Å². The van der Waals surface area contributed by atoms with Crippen LogP contribution in [0.15, 0.2) is 43.0 Å². The van der Waals surface area contributed by atoms with E-state index in [9.17, 15) is 4.79 Å². The minimum Gasteiger partial charge on any atom is -0.350 e. The topological polar surface area (TPSA) is 50.2 Å². The first-order valence-corrected chi connectivity index (χ1v) is 9.18. The SMILES string of the molecule is C[C@H]1CCCN(Cc2ccccc2CNC(=O)[C@H](C)n2ccnc2)C1. The van der Waals surface area contributed by atoms with Crippen LogP contribution in [0.25, 0.3) is 0 Å². The Balaban J connectivity index is 1.60. The summed E-state index contributed by atoms with van der Waals surface area (Å²) in [4.78, 5) is 18.9. The van der Waals surface area contributed by atoms with Gasteiger partial charge in [-0.05, 0) is 43.4 Å². The highest BCUT2D eigenvalue weighted by molar-refractivity contribution is 5.79. The number of amides is 1. The van der Waals surface area contributed by atoms with Gasteiger partial charge in [0.1, 0.15) is 6.04 Å². The Hall–Kier alpha value is -2.14. The molecule has 0 radical (unpaired) electrons. The van der Waals surface area contributed by atoms with E-state index in [-0.39, 0.29) is 11.9 Å². The maximum atomic E-state index is 12.4. The minimum absolute atomic E-state index is 0.0133. The predicted octanol–water partition coefficient (Wildman–Crippen LogP) is 2.99. The number of rotatable bonds is 6. The third-order valence-electron chi connectivity index (χ3n) is 5.06. The van der Waals surface area contributed by atoms with Gasteiger partial charge < -0.3 is 9.88 Å².